The van der Waals surface area contributed by atoms with Crippen LogP contribution in [0.15, 0.2) is 42.5 Å². The maximum atomic E-state index is 12.2. The van der Waals surface area contributed by atoms with Gasteiger partial charge in [-0.05, 0) is 69.1 Å². The number of hydrogen-bond donors (Lipinski definition) is 1. The first-order valence-corrected chi connectivity index (χ1v) is 9.60. The van der Waals surface area contributed by atoms with Crippen LogP contribution in [0.2, 0.25) is 0 Å². The van der Waals surface area contributed by atoms with Crippen LogP contribution in [0.4, 0.5) is 0 Å². The summed E-state index contributed by atoms with van der Waals surface area (Å²) in [6, 6.07) is 14.7. The second kappa shape index (κ2) is 10.1. The highest BCUT2D eigenvalue weighted by atomic mass is 16.5. The van der Waals surface area contributed by atoms with Gasteiger partial charge < -0.3 is 10.1 Å². The molecule has 1 amide bonds. The maximum absolute atomic E-state index is 12.2. The second-order valence-electron chi connectivity index (χ2n) is 7.40. The van der Waals surface area contributed by atoms with E-state index in [0.717, 1.165) is 17.9 Å². The van der Waals surface area contributed by atoms with E-state index in [-0.39, 0.29) is 5.91 Å². The first-order chi connectivity index (χ1) is 12.9. The molecule has 0 spiro atoms. The van der Waals surface area contributed by atoms with E-state index >= 15 is 0 Å². The van der Waals surface area contributed by atoms with Gasteiger partial charge in [0.05, 0.1) is 13.0 Å². The van der Waals surface area contributed by atoms with Crippen molar-refractivity contribution in [3.8, 4) is 5.75 Å². The number of amides is 1. The van der Waals surface area contributed by atoms with Crippen LogP contribution < -0.4 is 10.1 Å². The molecule has 0 radical (unpaired) electrons. The van der Waals surface area contributed by atoms with Crippen molar-refractivity contribution in [2.24, 2.45) is 0 Å². The molecule has 0 heterocycles. The Morgan fingerprint density at radius 1 is 1.07 bits per heavy atom. The molecule has 2 aromatic carbocycles. The highest BCUT2D eigenvalue weighted by Gasteiger charge is 2.09. The van der Waals surface area contributed by atoms with E-state index in [1.165, 1.54) is 16.7 Å². The first kappa shape index (κ1) is 21.0. The Labute approximate surface area is 163 Å². The lowest BCUT2D eigenvalue weighted by Gasteiger charge is -2.22. The summed E-state index contributed by atoms with van der Waals surface area (Å²) in [5, 5.41) is 3.01. The number of nitrogens with zero attached hydrogens (tertiary/aromatic N) is 1. The van der Waals surface area contributed by atoms with E-state index < -0.39 is 0 Å². The summed E-state index contributed by atoms with van der Waals surface area (Å²) in [7, 11) is 2.12. The molecule has 27 heavy (non-hydrogen) atoms. The third-order valence-electron chi connectivity index (χ3n) is 4.97. The minimum absolute atomic E-state index is 0.00542. The predicted octanol–water partition coefficient (Wildman–Crippen LogP) is 4.23. The van der Waals surface area contributed by atoms with Crippen LogP contribution in [0.25, 0.3) is 0 Å². The van der Waals surface area contributed by atoms with Crippen molar-refractivity contribution in [2.75, 3.05) is 13.7 Å². The fourth-order valence-corrected chi connectivity index (χ4v) is 2.68. The predicted molar refractivity (Wildman–Crippen MR) is 111 cm³/mol. The van der Waals surface area contributed by atoms with Gasteiger partial charge in [0, 0.05) is 19.1 Å². The molecule has 0 bridgehead atoms. The molecule has 2 rings (SSSR count). The molecule has 0 saturated carbocycles. The molecule has 4 heteroatoms. The quantitative estimate of drug-likeness (QED) is 0.720. The van der Waals surface area contributed by atoms with E-state index in [0.29, 0.717) is 25.6 Å². The normalized spacial score (nSPS) is 11.1. The van der Waals surface area contributed by atoms with E-state index in [1.807, 2.05) is 30.3 Å². The van der Waals surface area contributed by atoms with Gasteiger partial charge in [0.25, 0.3) is 0 Å². The van der Waals surface area contributed by atoms with Gasteiger partial charge in [0.15, 0.2) is 0 Å². The van der Waals surface area contributed by atoms with Gasteiger partial charge in [-0.2, -0.15) is 0 Å². The molecule has 1 N–H and O–H groups in total. The number of ether oxygens (including phenoxy) is 1. The van der Waals surface area contributed by atoms with Crippen LogP contribution in [-0.4, -0.2) is 30.5 Å². The first-order valence-electron chi connectivity index (χ1n) is 9.60. The van der Waals surface area contributed by atoms with Crippen LogP contribution in [0.1, 0.15) is 42.5 Å². The molecular weight excluding hydrogens is 336 g/mol. The minimum atomic E-state index is 0.00542. The van der Waals surface area contributed by atoms with Gasteiger partial charge in [-0.1, -0.05) is 30.3 Å². The topological polar surface area (TPSA) is 41.6 Å². The van der Waals surface area contributed by atoms with Gasteiger partial charge in [0.1, 0.15) is 5.75 Å². The number of carbonyl (C=O) groups is 1. The van der Waals surface area contributed by atoms with Crippen LogP contribution in [0.5, 0.6) is 5.75 Å². The number of aryl methyl sites for hydroxylation is 2. The molecule has 0 atom stereocenters. The molecule has 0 unspecified atom stereocenters. The van der Waals surface area contributed by atoms with Crippen molar-refractivity contribution in [2.45, 2.75) is 53.2 Å². The summed E-state index contributed by atoms with van der Waals surface area (Å²) >= 11 is 0. The van der Waals surface area contributed by atoms with Gasteiger partial charge in [-0.15, -0.1) is 0 Å². The summed E-state index contributed by atoms with van der Waals surface area (Å²) in [6.45, 7) is 10.3. The van der Waals surface area contributed by atoms with Crippen molar-refractivity contribution in [1.29, 1.82) is 0 Å². The highest BCUT2D eigenvalue weighted by Crippen LogP contribution is 2.16. The third-order valence-corrected chi connectivity index (χ3v) is 4.97. The Kier molecular flexibility index (Phi) is 7.86. The molecule has 0 saturated heterocycles. The molecular formula is C23H32N2O2. The Morgan fingerprint density at radius 2 is 1.78 bits per heavy atom. The molecule has 146 valence electrons. The summed E-state index contributed by atoms with van der Waals surface area (Å²) in [6.07, 6.45) is 0.348. The Bertz CT molecular complexity index is 756. The SMILES string of the molecule is Cc1ccc(OCCC(=O)NCc2ccccc2CN(C)C(C)C)cc1C. The third kappa shape index (κ3) is 6.72. The summed E-state index contributed by atoms with van der Waals surface area (Å²) in [5.74, 6) is 0.818. The number of carbonyl (C=O) groups excluding carboxylic acids is 1. The lowest BCUT2D eigenvalue weighted by Crippen LogP contribution is -2.28. The largest absolute Gasteiger partial charge is 0.493 e. The number of hydrogen-bond acceptors (Lipinski definition) is 3. The van der Waals surface area contributed by atoms with Gasteiger partial charge in [0.2, 0.25) is 5.91 Å². The average molecular weight is 369 g/mol. The zero-order chi connectivity index (χ0) is 19.8. The molecule has 0 aliphatic heterocycles. The highest BCUT2D eigenvalue weighted by molar-refractivity contribution is 5.76. The summed E-state index contributed by atoms with van der Waals surface area (Å²) in [4.78, 5) is 14.5. The maximum Gasteiger partial charge on any atom is 0.223 e. The van der Waals surface area contributed by atoms with Crippen molar-refractivity contribution in [3.63, 3.8) is 0 Å². The smallest absolute Gasteiger partial charge is 0.223 e. The molecule has 2 aromatic rings. The standard InChI is InChI=1S/C23H32N2O2/c1-17(2)25(5)16-21-9-7-6-8-20(21)15-24-23(26)12-13-27-22-11-10-18(3)19(4)14-22/h6-11,14,17H,12-13,15-16H2,1-5H3,(H,24,26). The molecule has 0 aromatic heterocycles. The van der Waals surface area contributed by atoms with Crippen molar-refractivity contribution >= 4 is 5.91 Å². The van der Waals surface area contributed by atoms with Crippen molar-refractivity contribution in [1.82, 2.24) is 10.2 Å². The van der Waals surface area contributed by atoms with E-state index in [1.54, 1.807) is 0 Å². The molecule has 0 aliphatic carbocycles. The second-order valence-corrected chi connectivity index (χ2v) is 7.40. The minimum Gasteiger partial charge on any atom is -0.493 e. The van der Waals surface area contributed by atoms with Crippen LogP contribution >= 0.6 is 0 Å². The zero-order valence-electron chi connectivity index (χ0n) is 17.2. The summed E-state index contributed by atoms with van der Waals surface area (Å²) in [5.41, 5.74) is 4.84. The molecule has 4 nitrogen and oxygen atoms in total. The van der Waals surface area contributed by atoms with Gasteiger partial charge >= 0.3 is 0 Å². The number of rotatable bonds is 9. The Balaban J connectivity index is 1.80. The number of nitrogens with one attached hydrogen (secondary N) is 1. The Morgan fingerprint density at radius 3 is 2.44 bits per heavy atom. The lowest BCUT2D eigenvalue weighted by molar-refractivity contribution is -0.121. The number of benzene rings is 2. The van der Waals surface area contributed by atoms with Gasteiger partial charge in [-0.25, -0.2) is 0 Å². The molecule has 0 fully saturated rings. The zero-order valence-corrected chi connectivity index (χ0v) is 17.2. The summed E-state index contributed by atoms with van der Waals surface area (Å²) < 4.78 is 5.70. The van der Waals surface area contributed by atoms with Crippen molar-refractivity contribution < 1.29 is 9.53 Å². The van der Waals surface area contributed by atoms with Crippen LogP contribution in [0.3, 0.4) is 0 Å². The van der Waals surface area contributed by atoms with E-state index in [9.17, 15) is 4.79 Å². The van der Waals surface area contributed by atoms with Crippen LogP contribution in [0, 0.1) is 13.8 Å². The molecule has 0 aliphatic rings. The van der Waals surface area contributed by atoms with Crippen LogP contribution in [-0.2, 0) is 17.9 Å². The monoisotopic (exact) mass is 368 g/mol. The van der Waals surface area contributed by atoms with Crippen molar-refractivity contribution in [3.05, 3.63) is 64.7 Å². The fraction of sp³-hybridized carbons (Fsp3) is 0.435. The Hall–Kier alpha value is -2.33. The van der Waals surface area contributed by atoms with E-state index in [4.69, 9.17) is 4.74 Å². The van der Waals surface area contributed by atoms with E-state index in [2.05, 4.69) is 57.1 Å². The fourth-order valence-electron chi connectivity index (χ4n) is 2.68. The average Bonchev–Trinajstić information content (AvgIpc) is 2.63. The lowest BCUT2D eigenvalue weighted by atomic mass is 10.1. The van der Waals surface area contributed by atoms with Gasteiger partial charge in [-0.3, -0.25) is 9.69 Å².